The van der Waals surface area contributed by atoms with Crippen molar-refractivity contribution in [3.05, 3.63) is 28.0 Å². The second kappa shape index (κ2) is 3.87. The van der Waals surface area contributed by atoms with Crippen LogP contribution in [-0.4, -0.2) is 12.9 Å². The van der Waals surface area contributed by atoms with Gasteiger partial charge in [0.15, 0.2) is 5.78 Å². The average Bonchev–Trinajstić information content (AvgIpc) is 2.09. The van der Waals surface area contributed by atoms with E-state index in [0.717, 1.165) is 0 Å². The third kappa shape index (κ3) is 2.06. The summed E-state index contributed by atoms with van der Waals surface area (Å²) in [7, 11) is 1.46. The van der Waals surface area contributed by atoms with Gasteiger partial charge in [-0.3, -0.25) is 4.79 Å². The summed E-state index contributed by atoms with van der Waals surface area (Å²) in [6, 6.07) is 2.85. The highest BCUT2D eigenvalue weighted by molar-refractivity contribution is 9.10. The van der Waals surface area contributed by atoms with Crippen LogP contribution in [0.3, 0.4) is 0 Å². The lowest BCUT2D eigenvalue weighted by Crippen LogP contribution is -1.99. The third-order valence-electron chi connectivity index (χ3n) is 1.62. The average molecular weight is 247 g/mol. The normalized spacial score (nSPS) is 9.85. The predicted octanol–water partition coefficient (Wildman–Crippen LogP) is 2.80. The molecule has 2 nitrogen and oxygen atoms in total. The lowest BCUT2D eigenvalue weighted by atomic mass is 10.1. The van der Waals surface area contributed by atoms with Crippen LogP contribution < -0.4 is 4.74 Å². The summed E-state index contributed by atoms with van der Waals surface area (Å²) in [4.78, 5) is 11.0. The van der Waals surface area contributed by atoms with E-state index in [4.69, 9.17) is 4.74 Å². The van der Waals surface area contributed by atoms with E-state index in [2.05, 4.69) is 15.9 Å². The minimum atomic E-state index is -0.548. The van der Waals surface area contributed by atoms with Crippen LogP contribution in [0.5, 0.6) is 5.75 Å². The Balaban J connectivity index is 3.33. The molecule has 0 fully saturated rings. The first-order chi connectivity index (χ1) is 6.06. The van der Waals surface area contributed by atoms with Gasteiger partial charge in [-0.2, -0.15) is 0 Å². The molecular formula is C9H8BrFO2. The minimum Gasteiger partial charge on any atom is -0.497 e. The van der Waals surface area contributed by atoms with Gasteiger partial charge in [0, 0.05) is 0 Å². The topological polar surface area (TPSA) is 26.3 Å². The molecular weight excluding hydrogens is 239 g/mol. The van der Waals surface area contributed by atoms with Crippen molar-refractivity contribution in [2.45, 2.75) is 6.92 Å². The molecule has 4 heteroatoms. The highest BCUT2D eigenvalue weighted by atomic mass is 79.9. The lowest BCUT2D eigenvalue weighted by Gasteiger charge is -2.05. The first kappa shape index (κ1) is 10.2. The van der Waals surface area contributed by atoms with E-state index in [1.807, 2.05) is 0 Å². The van der Waals surface area contributed by atoms with Crippen molar-refractivity contribution >= 4 is 21.7 Å². The fourth-order valence-corrected chi connectivity index (χ4v) is 1.38. The van der Waals surface area contributed by atoms with Crippen molar-refractivity contribution in [3.8, 4) is 5.75 Å². The van der Waals surface area contributed by atoms with Gasteiger partial charge < -0.3 is 4.74 Å². The molecule has 70 valence electrons. The third-order valence-corrected chi connectivity index (χ3v) is 2.19. The molecule has 13 heavy (non-hydrogen) atoms. The van der Waals surface area contributed by atoms with Crippen LogP contribution in [0.2, 0.25) is 0 Å². The fourth-order valence-electron chi connectivity index (χ4n) is 0.938. The van der Waals surface area contributed by atoms with Gasteiger partial charge in [-0.15, -0.1) is 0 Å². The number of carbonyl (C=O) groups is 1. The van der Waals surface area contributed by atoms with Crippen LogP contribution in [0.4, 0.5) is 4.39 Å². The van der Waals surface area contributed by atoms with Gasteiger partial charge in [0.05, 0.1) is 17.1 Å². The Kier molecular flexibility index (Phi) is 3.03. The number of ketones is 1. The van der Waals surface area contributed by atoms with Crippen molar-refractivity contribution in [2.24, 2.45) is 0 Å². The van der Waals surface area contributed by atoms with Gasteiger partial charge in [0.25, 0.3) is 0 Å². The summed E-state index contributed by atoms with van der Waals surface area (Å²) in [5, 5.41) is 0. The molecule has 0 N–H and O–H groups in total. The highest BCUT2D eigenvalue weighted by Gasteiger charge is 2.12. The smallest absolute Gasteiger partial charge is 0.162 e. The van der Waals surface area contributed by atoms with E-state index in [0.29, 0.717) is 5.75 Å². The number of ether oxygens (including phenoxy) is 1. The highest BCUT2D eigenvalue weighted by Crippen LogP contribution is 2.25. The Bertz CT molecular complexity index is 350. The zero-order valence-corrected chi connectivity index (χ0v) is 8.81. The molecule has 0 spiro atoms. The van der Waals surface area contributed by atoms with Crippen molar-refractivity contribution < 1.29 is 13.9 Å². The molecule has 1 rings (SSSR count). The van der Waals surface area contributed by atoms with E-state index >= 15 is 0 Å². The van der Waals surface area contributed by atoms with E-state index in [9.17, 15) is 9.18 Å². The molecule has 0 bridgehead atoms. The molecule has 0 unspecified atom stereocenters. The van der Waals surface area contributed by atoms with Crippen LogP contribution in [0.15, 0.2) is 16.6 Å². The molecule has 1 aromatic carbocycles. The van der Waals surface area contributed by atoms with Gasteiger partial charge in [0.1, 0.15) is 11.6 Å². The Labute approximate surface area is 83.8 Å². The number of methoxy groups -OCH3 is 1. The summed E-state index contributed by atoms with van der Waals surface area (Å²) in [5.41, 5.74) is 0.0335. The van der Waals surface area contributed by atoms with E-state index < -0.39 is 5.82 Å². The number of Topliss-reactive ketones (excluding diaryl/α,β-unsaturated/α-hetero) is 1. The second-order valence-corrected chi connectivity index (χ2v) is 3.38. The molecule has 0 heterocycles. The zero-order valence-electron chi connectivity index (χ0n) is 7.23. The van der Waals surface area contributed by atoms with Crippen LogP contribution in [-0.2, 0) is 0 Å². The Morgan fingerprint density at radius 1 is 1.54 bits per heavy atom. The van der Waals surface area contributed by atoms with Crippen LogP contribution >= 0.6 is 15.9 Å². The molecule has 0 aromatic heterocycles. The monoisotopic (exact) mass is 246 g/mol. The van der Waals surface area contributed by atoms with Crippen LogP contribution in [0.1, 0.15) is 17.3 Å². The SMILES string of the molecule is COc1cc(Br)c(F)c(C(C)=O)c1. The number of hydrogen-bond donors (Lipinski definition) is 0. The van der Waals surface area contributed by atoms with Crippen molar-refractivity contribution in [1.29, 1.82) is 0 Å². The lowest BCUT2D eigenvalue weighted by molar-refractivity contribution is 0.101. The van der Waals surface area contributed by atoms with E-state index in [1.165, 1.54) is 26.2 Å². The Morgan fingerprint density at radius 2 is 2.15 bits per heavy atom. The van der Waals surface area contributed by atoms with Gasteiger partial charge in [-0.05, 0) is 35.0 Å². The molecule has 0 amide bonds. The van der Waals surface area contributed by atoms with E-state index in [-0.39, 0.29) is 15.8 Å². The first-order valence-electron chi connectivity index (χ1n) is 3.60. The largest absolute Gasteiger partial charge is 0.497 e. The summed E-state index contributed by atoms with van der Waals surface area (Å²) >= 11 is 3.00. The summed E-state index contributed by atoms with van der Waals surface area (Å²) in [6.45, 7) is 1.31. The number of benzene rings is 1. The Hall–Kier alpha value is -0.900. The van der Waals surface area contributed by atoms with Crippen molar-refractivity contribution in [2.75, 3.05) is 7.11 Å². The number of hydrogen-bond acceptors (Lipinski definition) is 2. The van der Waals surface area contributed by atoms with Crippen molar-refractivity contribution in [1.82, 2.24) is 0 Å². The summed E-state index contributed by atoms with van der Waals surface area (Å²) < 4.78 is 18.4. The summed E-state index contributed by atoms with van der Waals surface area (Å²) in [6.07, 6.45) is 0. The zero-order chi connectivity index (χ0) is 10.0. The maximum absolute atomic E-state index is 13.2. The molecule has 0 saturated heterocycles. The maximum atomic E-state index is 13.2. The molecule has 0 aliphatic heterocycles. The number of halogens is 2. The fraction of sp³-hybridized carbons (Fsp3) is 0.222. The van der Waals surface area contributed by atoms with Gasteiger partial charge >= 0.3 is 0 Å². The molecule has 0 radical (unpaired) electrons. The quantitative estimate of drug-likeness (QED) is 0.751. The van der Waals surface area contributed by atoms with Crippen LogP contribution in [0, 0.1) is 5.82 Å². The number of carbonyl (C=O) groups excluding carboxylic acids is 1. The van der Waals surface area contributed by atoms with Crippen molar-refractivity contribution in [3.63, 3.8) is 0 Å². The van der Waals surface area contributed by atoms with Gasteiger partial charge in [-0.1, -0.05) is 0 Å². The standard InChI is InChI=1S/C9H8BrFO2/c1-5(12)7-3-6(13-2)4-8(10)9(7)11/h3-4H,1-2H3. The molecule has 0 saturated carbocycles. The minimum absolute atomic E-state index is 0.0335. The predicted molar refractivity (Wildman–Crippen MR) is 50.7 cm³/mol. The molecule has 0 aliphatic carbocycles. The molecule has 0 atom stereocenters. The molecule has 0 aliphatic rings. The number of rotatable bonds is 2. The van der Waals surface area contributed by atoms with Gasteiger partial charge in [0.2, 0.25) is 0 Å². The first-order valence-corrected chi connectivity index (χ1v) is 4.39. The van der Waals surface area contributed by atoms with Gasteiger partial charge in [-0.25, -0.2) is 4.39 Å². The summed E-state index contributed by atoms with van der Waals surface area (Å²) in [5.74, 6) is -0.413. The van der Waals surface area contributed by atoms with Crippen LogP contribution in [0.25, 0.3) is 0 Å². The second-order valence-electron chi connectivity index (χ2n) is 2.53. The maximum Gasteiger partial charge on any atom is 0.162 e. The van der Waals surface area contributed by atoms with E-state index in [1.54, 1.807) is 0 Å². The molecule has 1 aromatic rings. The Morgan fingerprint density at radius 3 is 2.62 bits per heavy atom.